The Labute approximate surface area is 107 Å². The Hall–Kier alpha value is -1.83. The molecule has 1 fully saturated rings. The van der Waals surface area contributed by atoms with Gasteiger partial charge in [-0.3, -0.25) is 4.79 Å². The number of aromatic nitrogens is 1. The van der Waals surface area contributed by atoms with Crippen LogP contribution >= 0.6 is 0 Å². The van der Waals surface area contributed by atoms with Crippen molar-refractivity contribution in [3.8, 4) is 0 Å². The number of carbonyl (C=O) groups excluding carboxylic acids is 1. The molecule has 1 heterocycles. The van der Waals surface area contributed by atoms with Gasteiger partial charge in [-0.05, 0) is 31.9 Å². The second-order valence-corrected chi connectivity index (χ2v) is 5.13. The van der Waals surface area contributed by atoms with E-state index in [0.29, 0.717) is 12.0 Å². The molecular weight excluding hydrogens is 222 g/mol. The molecule has 18 heavy (non-hydrogen) atoms. The number of aldehydes is 1. The predicted molar refractivity (Wildman–Crippen MR) is 72.1 cm³/mol. The highest BCUT2D eigenvalue weighted by molar-refractivity contribution is 5.77. The average Bonchev–Trinajstić information content (AvgIpc) is 3.11. The maximum Gasteiger partial charge on any atom is 0.151 e. The van der Waals surface area contributed by atoms with Crippen molar-refractivity contribution in [2.75, 3.05) is 0 Å². The molecule has 1 aromatic heterocycles. The molecular formula is C16H17NO. The Morgan fingerprint density at radius 1 is 1.22 bits per heavy atom. The lowest BCUT2D eigenvalue weighted by atomic mass is 10.1. The van der Waals surface area contributed by atoms with E-state index >= 15 is 0 Å². The molecule has 1 aromatic carbocycles. The van der Waals surface area contributed by atoms with E-state index in [1.807, 2.05) is 13.0 Å². The number of hydrogen-bond donors (Lipinski definition) is 0. The summed E-state index contributed by atoms with van der Waals surface area (Å²) in [5.74, 6) is 0.607. The molecule has 92 valence electrons. The first kappa shape index (κ1) is 11.3. The van der Waals surface area contributed by atoms with Crippen molar-refractivity contribution in [2.24, 2.45) is 0 Å². The van der Waals surface area contributed by atoms with Crippen molar-refractivity contribution in [2.45, 2.75) is 32.2 Å². The molecule has 0 radical (unpaired) electrons. The van der Waals surface area contributed by atoms with Crippen molar-refractivity contribution in [3.63, 3.8) is 0 Å². The lowest BCUT2D eigenvalue weighted by Gasteiger charge is -2.09. The van der Waals surface area contributed by atoms with Gasteiger partial charge < -0.3 is 4.57 Å². The summed E-state index contributed by atoms with van der Waals surface area (Å²) in [4.78, 5) is 11.0. The number of carbonyl (C=O) groups is 1. The lowest BCUT2D eigenvalue weighted by molar-refractivity contribution is 0.112. The van der Waals surface area contributed by atoms with Gasteiger partial charge in [0.05, 0.1) is 0 Å². The lowest BCUT2D eigenvalue weighted by Crippen LogP contribution is -2.01. The summed E-state index contributed by atoms with van der Waals surface area (Å²) in [6.07, 6.45) is 2.14. The number of rotatable bonds is 3. The van der Waals surface area contributed by atoms with Crippen LogP contribution in [0.3, 0.4) is 0 Å². The smallest absolute Gasteiger partial charge is 0.151 e. The monoisotopic (exact) mass is 239 g/mol. The predicted octanol–water partition coefficient (Wildman–Crippen LogP) is 3.65. The van der Waals surface area contributed by atoms with E-state index < -0.39 is 0 Å². The van der Waals surface area contributed by atoms with Gasteiger partial charge in [-0.2, -0.15) is 0 Å². The Bertz CT molecular complexity index is 583. The van der Waals surface area contributed by atoms with Crippen LogP contribution in [-0.4, -0.2) is 10.9 Å². The normalized spacial score (nSPS) is 21.9. The Balaban J connectivity index is 1.91. The summed E-state index contributed by atoms with van der Waals surface area (Å²) in [7, 11) is 0. The van der Waals surface area contributed by atoms with Crippen LogP contribution in [0.15, 0.2) is 36.4 Å². The highest BCUT2D eigenvalue weighted by atomic mass is 16.1. The summed E-state index contributed by atoms with van der Waals surface area (Å²) in [6, 6.07) is 13.1. The van der Waals surface area contributed by atoms with Gasteiger partial charge in [0.25, 0.3) is 0 Å². The summed E-state index contributed by atoms with van der Waals surface area (Å²) < 4.78 is 2.32. The molecule has 2 atom stereocenters. The first-order valence-electron chi connectivity index (χ1n) is 6.41. The Kier molecular flexibility index (Phi) is 2.58. The van der Waals surface area contributed by atoms with Crippen LogP contribution in [0.25, 0.3) is 0 Å². The Morgan fingerprint density at radius 3 is 2.56 bits per heavy atom. The molecule has 0 spiro atoms. The molecule has 2 nitrogen and oxygen atoms in total. The number of hydrogen-bond acceptors (Lipinski definition) is 1. The third kappa shape index (κ3) is 1.69. The number of benzene rings is 1. The van der Waals surface area contributed by atoms with Gasteiger partial charge in [0.1, 0.15) is 0 Å². The maximum absolute atomic E-state index is 11.0. The zero-order valence-corrected chi connectivity index (χ0v) is 10.8. The third-order valence-corrected chi connectivity index (χ3v) is 3.97. The minimum atomic E-state index is 0.529. The van der Waals surface area contributed by atoms with Crippen LogP contribution in [0, 0.1) is 13.8 Å². The van der Waals surface area contributed by atoms with Gasteiger partial charge in [-0.1, -0.05) is 30.3 Å². The molecule has 1 aliphatic carbocycles. The van der Waals surface area contributed by atoms with Crippen LogP contribution in [-0.2, 0) is 0 Å². The standard InChI is InChI=1S/C16H17NO/c1-11-8-14(10-18)12(2)17(11)16-9-15(16)13-6-4-3-5-7-13/h3-8,10,15-16H,9H2,1-2H3. The first-order chi connectivity index (χ1) is 8.72. The molecule has 0 saturated heterocycles. The molecule has 2 aromatic rings. The SMILES string of the molecule is Cc1cc(C=O)c(C)n1C1CC1c1ccccc1. The van der Waals surface area contributed by atoms with Crippen LogP contribution < -0.4 is 0 Å². The van der Waals surface area contributed by atoms with Crippen LogP contribution in [0.4, 0.5) is 0 Å². The molecule has 0 N–H and O–H groups in total. The van der Waals surface area contributed by atoms with E-state index in [2.05, 4.69) is 41.8 Å². The van der Waals surface area contributed by atoms with Gasteiger partial charge >= 0.3 is 0 Å². The van der Waals surface area contributed by atoms with E-state index in [1.54, 1.807) is 0 Å². The largest absolute Gasteiger partial charge is 0.345 e. The van der Waals surface area contributed by atoms with Crippen molar-refractivity contribution >= 4 is 6.29 Å². The van der Waals surface area contributed by atoms with Gasteiger partial charge in [-0.25, -0.2) is 0 Å². The van der Waals surface area contributed by atoms with Crippen molar-refractivity contribution < 1.29 is 4.79 Å². The molecule has 0 amide bonds. The molecule has 1 saturated carbocycles. The molecule has 1 aliphatic rings. The minimum absolute atomic E-state index is 0.529. The molecule has 2 heteroatoms. The average molecular weight is 239 g/mol. The minimum Gasteiger partial charge on any atom is -0.345 e. The second-order valence-electron chi connectivity index (χ2n) is 5.13. The van der Waals surface area contributed by atoms with Crippen LogP contribution in [0.1, 0.15) is 45.7 Å². The Morgan fingerprint density at radius 2 is 1.94 bits per heavy atom. The quantitative estimate of drug-likeness (QED) is 0.749. The summed E-state index contributed by atoms with van der Waals surface area (Å²) in [6.45, 7) is 4.12. The number of nitrogens with zero attached hydrogens (tertiary/aromatic N) is 1. The van der Waals surface area contributed by atoms with Gasteiger partial charge in [0.15, 0.2) is 6.29 Å². The van der Waals surface area contributed by atoms with Gasteiger partial charge in [0, 0.05) is 28.9 Å². The fourth-order valence-corrected chi connectivity index (χ4v) is 2.96. The van der Waals surface area contributed by atoms with Crippen molar-refractivity contribution in [1.29, 1.82) is 0 Å². The molecule has 0 bridgehead atoms. The zero-order valence-electron chi connectivity index (χ0n) is 10.8. The summed E-state index contributed by atoms with van der Waals surface area (Å²) in [5, 5.41) is 0. The second kappa shape index (κ2) is 4.13. The number of aryl methyl sites for hydroxylation is 1. The van der Waals surface area contributed by atoms with E-state index in [-0.39, 0.29) is 0 Å². The van der Waals surface area contributed by atoms with E-state index in [9.17, 15) is 4.79 Å². The van der Waals surface area contributed by atoms with Gasteiger partial charge in [-0.15, -0.1) is 0 Å². The molecule has 2 unspecified atom stereocenters. The summed E-state index contributed by atoms with van der Waals surface area (Å²) in [5.41, 5.74) is 4.53. The van der Waals surface area contributed by atoms with Crippen molar-refractivity contribution in [3.05, 3.63) is 58.9 Å². The zero-order chi connectivity index (χ0) is 12.7. The van der Waals surface area contributed by atoms with Crippen LogP contribution in [0.5, 0.6) is 0 Å². The van der Waals surface area contributed by atoms with Crippen LogP contribution in [0.2, 0.25) is 0 Å². The highest BCUT2D eigenvalue weighted by Crippen LogP contribution is 2.52. The summed E-state index contributed by atoms with van der Waals surface area (Å²) >= 11 is 0. The van der Waals surface area contributed by atoms with E-state index in [4.69, 9.17) is 0 Å². The molecule has 3 rings (SSSR count). The van der Waals surface area contributed by atoms with E-state index in [0.717, 1.165) is 17.5 Å². The maximum atomic E-state index is 11.0. The fourth-order valence-electron chi connectivity index (χ4n) is 2.96. The van der Waals surface area contributed by atoms with E-state index in [1.165, 1.54) is 17.7 Å². The highest BCUT2D eigenvalue weighted by Gasteiger charge is 2.41. The van der Waals surface area contributed by atoms with Crippen molar-refractivity contribution in [1.82, 2.24) is 4.57 Å². The molecule has 0 aliphatic heterocycles. The first-order valence-corrected chi connectivity index (χ1v) is 6.41. The third-order valence-electron chi connectivity index (χ3n) is 3.97. The topological polar surface area (TPSA) is 22.0 Å². The van der Waals surface area contributed by atoms with Gasteiger partial charge in [0.2, 0.25) is 0 Å². The fraction of sp³-hybridized carbons (Fsp3) is 0.312.